The summed E-state index contributed by atoms with van der Waals surface area (Å²) in [6, 6.07) is 0. The van der Waals surface area contributed by atoms with Crippen LogP contribution in [0, 0.1) is 0 Å². The lowest BCUT2D eigenvalue weighted by molar-refractivity contribution is -0.0350. The zero-order valence-corrected chi connectivity index (χ0v) is 12.5. The van der Waals surface area contributed by atoms with Crippen LogP contribution in [0.3, 0.4) is 0 Å². The van der Waals surface area contributed by atoms with Crippen molar-refractivity contribution in [1.29, 1.82) is 0 Å². The molecule has 0 amide bonds. The third kappa shape index (κ3) is 3.26. The molecule has 0 bridgehead atoms. The lowest BCUT2D eigenvalue weighted by Gasteiger charge is -2.31. The van der Waals surface area contributed by atoms with Crippen LogP contribution in [0.5, 0.6) is 0 Å². The van der Waals surface area contributed by atoms with Gasteiger partial charge in [-0.3, -0.25) is 4.90 Å². The van der Waals surface area contributed by atoms with Crippen molar-refractivity contribution in [3.8, 4) is 0 Å². The Bertz CT molecular complexity index is 457. The topological polar surface area (TPSA) is 83.7 Å². The van der Waals surface area contributed by atoms with Crippen LogP contribution in [-0.4, -0.2) is 59.5 Å². The molecule has 2 N–H and O–H groups in total. The van der Waals surface area contributed by atoms with Crippen molar-refractivity contribution < 1.29 is 14.4 Å². The van der Waals surface area contributed by atoms with Gasteiger partial charge in [-0.15, -0.1) is 0 Å². The molecular formula is C14H24N4O3. The van der Waals surface area contributed by atoms with E-state index in [2.05, 4.69) is 27.3 Å². The molecule has 21 heavy (non-hydrogen) atoms. The van der Waals surface area contributed by atoms with E-state index >= 15 is 0 Å². The molecule has 3 rings (SSSR count). The first-order valence-corrected chi connectivity index (χ1v) is 7.82. The van der Waals surface area contributed by atoms with Gasteiger partial charge in [-0.05, 0) is 38.9 Å². The first kappa shape index (κ1) is 14.9. The Hall–Kier alpha value is -1.02. The Morgan fingerprint density at radius 2 is 2.24 bits per heavy atom. The quantitative estimate of drug-likeness (QED) is 0.833. The van der Waals surface area contributed by atoms with E-state index in [0.29, 0.717) is 31.2 Å². The number of nitrogens with one attached hydrogen (secondary N) is 1. The van der Waals surface area contributed by atoms with Gasteiger partial charge in [-0.2, -0.15) is 4.98 Å². The maximum atomic E-state index is 10.6. The standard InChI is InChI=1S/C14H24N4O3/c1-2-7-18-8-9-20-11(10-18)12-16-13(21-17-12)14(19)3-5-15-6-4-14/h11,15,19H,2-10H2,1H3. The summed E-state index contributed by atoms with van der Waals surface area (Å²) in [5.41, 5.74) is -0.992. The van der Waals surface area contributed by atoms with Gasteiger partial charge in [0.15, 0.2) is 0 Å². The number of aromatic nitrogens is 2. The zero-order chi connectivity index (χ0) is 14.7. The normalized spacial score (nSPS) is 26.9. The van der Waals surface area contributed by atoms with Gasteiger partial charge in [-0.25, -0.2) is 0 Å². The van der Waals surface area contributed by atoms with Gasteiger partial charge in [0, 0.05) is 13.1 Å². The van der Waals surface area contributed by atoms with Crippen LogP contribution in [0.2, 0.25) is 0 Å². The van der Waals surface area contributed by atoms with E-state index < -0.39 is 5.60 Å². The van der Waals surface area contributed by atoms with Gasteiger partial charge >= 0.3 is 0 Å². The van der Waals surface area contributed by atoms with Gasteiger partial charge in [0.25, 0.3) is 5.89 Å². The van der Waals surface area contributed by atoms with E-state index in [1.165, 1.54) is 0 Å². The first-order chi connectivity index (χ1) is 10.2. The van der Waals surface area contributed by atoms with Crippen LogP contribution < -0.4 is 5.32 Å². The van der Waals surface area contributed by atoms with Crippen molar-refractivity contribution in [3.05, 3.63) is 11.7 Å². The molecule has 2 fully saturated rings. The largest absolute Gasteiger partial charge is 0.380 e. The van der Waals surface area contributed by atoms with Crippen molar-refractivity contribution in [2.75, 3.05) is 39.3 Å². The summed E-state index contributed by atoms with van der Waals surface area (Å²) in [5, 5.41) is 17.9. The monoisotopic (exact) mass is 296 g/mol. The van der Waals surface area contributed by atoms with E-state index in [1.807, 2.05) is 0 Å². The van der Waals surface area contributed by atoms with Crippen LogP contribution in [0.15, 0.2) is 4.52 Å². The third-order valence-electron chi connectivity index (χ3n) is 4.25. The van der Waals surface area contributed by atoms with Gasteiger partial charge in [0.1, 0.15) is 11.7 Å². The number of piperidine rings is 1. The van der Waals surface area contributed by atoms with Crippen molar-refractivity contribution in [2.24, 2.45) is 0 Å². The fraction of sp³-hybridized carbons (Fsp3) is 0.857. The highest BCUT2D eigenvalue weighted by Gasteiger charge is 2.38. The molecule has 0 saturated carbocycles. The molecule has 2 saturated heterocycles. The molecular weight excluding hydrogens is 272 g/mol. The number of ether oxygens (including phenoxy) is 1. The van der Waals surface area contributed by atoms with Crippen LogP contribution in [0.4, 0.5) is 0 Å². The fourth-order valence-electron chi connectivity index (χ4n) is 2.99. The molecule has 1 unspecified atom stereocenters. The number of morpholine rings is 1. The molecule has 1 atom stereocenters. The molecule has 1 aromatic heterocycles. The summed E-state index contributed by atoms with van der Waals surface area (Å²) < 4.78 is 11.1. The van der Waals surface area contributed by atoms with Crippen LogP contribution in [-0.2, 0) is 10.3 Å². The van der Waals surface area contributed by atoms with Crippen molar-refractivity contribution in [2.45, 2.75) is 37.9 Å². The number of aliphatic hydroxyl groups is 1. The minimum Gasteiger partial charge on any atom is -0.380 e. The highest BCUT2D eigenvalue weighted by Crippen LogP contribution is 2.30. The van der Waals surface area contributed by atoms with E-state index in [4.69, 9.17) is 9.26 Å². The second-order valence-electron chi connectivity index (χ2n) is 5.90. The molecule has 0 aliphatic carbocycles. The molecule has 0 spiro atoms. The van der Waals surface area contributed by atoms with E-state index in [-0.39, 0.29) is 6.10 Å². The van der Waals surface area contributed by atoms with Gasteiger partial charge in [0.2, 0.25) is 5.82 Å². The number of nitrogens with zero attached hydrogens (tertiary/aromatic N) is 3. The Balaban J connectivity index is 1.69. The zero-order valence-electron chi connectivity index (χ0n) is 12.5. The Morgan fingerprint density at radius 1 is 1.43 bits per heavy atom. The molecule has 0 radical (unpaired) electrons. The Labute approximate surface area is 124 Å². The van der Waals surface area contributed by atoms with Gasteiger partial charge in [-0.1, -0.05) is 12.1 Å². The predicted molar refractivity (Wildman–Crippen MR) is 75.7 cm³/mol. The van der Waals surface area contributed by atoms with Crippen molar-refractivity contribution in [3.63, 3.8) is 0 Å². The van der Waals surface area contributed by atoms with Crippen LogP contribution in [0.25, 0.3) is 0 Å². The average Bonchev–Trinajstić information content (AvgIpc) is 2.99. The second-order valence-corrected chi connectivity index (χ2v) is 5.90. The second kappa shape index (κ2) is 6.39. The van der Waals surface area contributed by atoms with Crippen LogP contribution >= 0.6 is 0 Å². The average molecular weight is 296 g/mol. The van der Waals surface area contributed by atoms with E-state index in [9.17, 15) is 5.11 Å². The van der Waals surface area contributed by atoms with Crippen molar-refractivity contribution >= 4 is 0 Å². The summed E-state index contributed by atoms with van der Waals surface area (Å²) in [6.45, 7) is 7.17. The van der Waals surface area contributed by atoms with E-state index in [1.54, 1.807) is 0 Å². The minimum atomic E-state index is -0.992. The maximum Gasteiger partial charge on any atom is 0.258 e. The molecule has 2 aliphatic heterocycles. The third-order valence-corrected chi connectivity index (χ3v) is 4.25. The predicted octanol–water partition coefficient (Wildman–Crippen LogP) is 0.424. The molecule has 7 heteroatoms. The molecule has 2 aliphatic rings. The van der Waals surface area contributed by atoms with Crippen LogP contribution in [0.1, 0.15) is 44.0 Å². The molecule has 1 aromatic rings. The summed E-state index contributed by atoms with van der Waals surface area (Å²) in [4.78, 5) is 6.77. The Kier molecular flexibility index (Phi) is 4.54. The van der Waals surface area contributed by atoms with Gasteiger partial charge in [0.05, 0.1) is 6.61 Å². The SMILES string of the molecule is CCCN1CCOC(c2noc(C3(O)CCNCC3)n2)C1. The number of hydrogen-bond donors (Lipinski definition) is 2. The van der Waals surface area contributed by atoms with Crippen molar-refractivity contribution in [1.82, 2.24) is 20.4 Å². The smallest absolute Gasteiger partial charge is 0.258 e. The molecule has 0 aromatic carbocycles. The molecule has 7 nitrogen and oxygen atoms in total. The summed E-state index contributed by atoms with van der Waals surface area (Å²) in [7, 11) is 0. The summed E-state index contributed by atoms with van der Waals surface area (Å²) in [6.07, 6.45) is 2.16. The highest BCUT2D eigenvalue weighted by atomic mass is 16.5. The number of rotatable bonds is 4. The Morgan fingerprint density at radius 3 is 3.00 bits per heavy atom. The summed E-state index contributed by atoms with van der Waals surface area (Å²) in [5.74, 6) is 0.882. The molecule has 118 valence electrons. The van der Waals surface area contributed by atoms with E-state index in [0.717, 1.165) is 39.1 Å². The van der Waals surface area contributed by atoms with Gasteiger partial charge < -0.3 is 19.7 Å². The maximum absolute atomic E-state index is 10.6. The summed E-state index contributed by atoms with van der Waals surface area (Å²) >= 11 is 0. The molecule has 3 heterocycles. The lowest BCUT2D eigenvalue weighted by Crippen LogP contribution is -2.40. The minimum absolute atomic E-state index is 0.159. The first-order valence-electron chi connectivity index (χ1n) is 7.82. The fourth-order valence-corrected chi connectivity index (χ4v) is 2.99. The highest BCUT2D eigenvalue weighted by molar-refractivity contribution is 5.03. The number of hydrogen-bond acceptors (Lipinski definition) is 7. The lowest BCUT2D eigenvalue weighted by atomic mass is 9.92.